The van der Waals surface area contributed by atoms with Crippen LogP contribution in [0.5, 0.6) is 11.5 Å². The zero-order valence-corrected chi connectivity index (χ0v) is 14.2. The molecule has 23 heavy (non-hydrogen) atoms. The second kappa shape index (κ2) is 9.40. The summed E-state index contributed by atoms with van der Waals surface area (Å²) < 4.78 is 11.0. The summed E-state index contributed by atoms with van der Waals surface area (Å²) in [5.74, 6) is 1.70. The number of nitrogens with zero attached hydrogens (tertiary/aromatic N) is 1. The van der Waals surface area contributed by atoms with E-state index < -0.39 is 0 Å². The second-order valence-electron chi connectivity index (χ2n) is 5.92. The van der Waals surface area contributed by atoms with E-state index in [1.54, 1.807) is 0 Å². The Morgan fingerprint density at radius 2 is 1.91 bits per heavy atom. The van der Waals surface area contributed by atoms with Crippen LogP contribution in [0.2, 0.25) is 0 Å². The largest absolute Gasteiger partial charge is 0.494 e. The van der Waals surface area contributed by atoms with Gasteiger partial charge in [-0.25, -0.2) is 0 Å². The first-order chi connectivity index (χ1) is 11.2. The lowest BCUT2D eigenvalue weighted by atomic mass is 10.0. The molecule has 5 nitrogen and oxygen atoms in total. The van der Waals surface area contributed by atoms with Gasteiger partial charge in [0, 0.05) is 6.04 Å². The topological polar surface area (TPSA) is 50.8 Å². The van der Waals surface area contributed by atoms with E-state index in [1.165, 1.54) is 19.3 Å². The zero-order valence-electron chi connectivity index (χ0n) is 14.2. The summed E-state index contributed by atoms with van der Waals surface area (Å²) in [7, 11) is 0. The lowest BCUT2D eigenvalue weighted by Gasteiger charge is -2.32. The molecule has 0 radical (unpaired) electrons. The Morgan fingerprint density at radius 1 is 1.22 bits per heavy atom. The van der Waals surface area contributed by atoms with Crippen molar-refractivity contribution in [2.45, 2.75) is 39.2 Å². The number of piperidine rings is 1. The highest BCUT2D eigenvalue weighted by Crippen LogP contribution is 2.17. The molecule has 1 aromatic carbocycles. The van der Waals surface area contributed by atoms with Crippen molar-refractivity contribution in [3.8, 4) is 11.5 Å². The predicted molar refractivity (Wildman–Crippen MR) is 91.0 cm³/mol. The Kier molecular flexibility index (Phi) is 7.20. The van der Waals surface area contributed by atoms with Gasteiger partial charge in [0.05, 0.1) is 19.7 Å². The maximum Gasteiger partial charge on any atom is 0.234 e. The van der Waals surface area contributed by atoms with Gasteiger partial charge < -0.3 is 14.8 Å². The van der Waals surface area contributed by atoms with Crippen molar-refractivity contribution < 1.29 is 14.3 Å². The van der Waals surface area contributed by atoms with E-state index in [9.17, 15) is 4.79 Å². The molecule has 0 aliphatic carbocycles. The van der Waals surface area contributed by atoms with Gasteiger partial charge in [-0.3, -0.25) is 9.69 Å². The van der Waals surface area contributed by atoms with E-state index in [0.717, 1.165) is 18.0 Å². The number of benzene rings is 1. The summed E-state index contributed by atoms with van der Waals surface area (Å²) in [6.45, 7) is 7.31. The molecule has 0 aromatic heterocycles. The summed E-state index contributed by atoms with van der Waals surface area (Å²) in [6.07, 6.45) is 3.65. The van der Waals surface area contributed by atoms with Crippen LogP contribution in [0.4, 0.5) is 0 Å². The number of likely N-dealkylation sites (tertiary alicyclic amines) is 1. The average Bonchev–Trinajstić information content (AvgIpc) is 2.55. The lowest BCUT2D eigenvalue weighted by Crippen LogP contribution is -2.44. The van der Waals surface area contributed by atoms with E-state index in [4.69, 9.17) is 9.47 Å². The fraction of sp³-hybridized carbons (Fsp3) is 0.611. The van der Waals surface area contributed by atoms with Gasteiger partial charge in [0.15, 0.2) is 0 Å². The van der Waals surface area contributed by atoms with Crippen LogP contribution in [0.15, 0.2) is 24.3 Å². The van der Waals surface area contributed by atoms with Crippen LogP contribution in [0.25, 0.3) is 0 Å². The second-order valence-corrected chi connectivity index (χ2v) is 5.92. The minimum Gasteiger partial charge on any atom is -0.494 e. The lowest BCUT2D eigenvalue weighted by molar-refractivity contribution is -0.123. The summed E-state index contributed by atoms with van der Waals surface area (Å²) in [4.78, 5) is 14.2. The number of hydrogen-bond acceptors (Lipinski definition) is 4. The Balaban J connectivity index is 1.61. The van der Waals surface area contributed by atoms with Gasteiger partial charge in [0.25, 0.3) is 0 Å². The molecule has 2 rings (SSSR count). The number of nitrogens with one attached hydrogen (secondary N) is 1. The quantitative estimate of drug-likeness (QED) is 0.748. The maximum atomic E-state index is 12.0. The molecule has 0 bridgehead atoms. The minimum atomic E-state index is 0.0778. The highest BCUT2D eigenvalue weighted by molar-refractivity contribution is 5.78. The van der Waals surface area contributed by atoms with Gasteiger partial charge in [-0.05, 0) is 57.5 Å². The fourth-order valence-corrected chi connectivity index (χ4v) is 2.79. The summed E-state index contributed by atoms with van der Waals surface area (Å²) >= 11 is 0. The Morgan fingerprint density at radius 3 is 2.57 bits per heavy atom. The van der Waals surface area contributed by atoms with Gasteiger partial charge in [-0.15, -0.1) is 0 Å². The van der Waals surface area contributed by atoms with Crippen LogP contribution in [0.1, 0.15) is 33.1 Å². The number of carbonyl (C=O) groups excluding carboxylic acids is 1. The third kappa shape index (κ3) is 6.10. The van der Waals surface area contributed by atoms with Gasteiger partial charge in [0.2, 0.25) is 5.91 Å². The number of rotatable bonds is 8. The van der Waals surface area contributed by atoms with Gasteiger partial charge in [0.1, 0.15) is 18.1 Å². The van der Waals surface area contributed by atoms with Crippen LogP contribution in [0.3, 0.4) is 0 Å². The smallest absolute Gasteiger partial charge is 0.234 e. The summed E-state index contributed by atoms with van der Waals surface area (Å²) in [5.41, 5.74) is 0. The molecule has 0 spiro atoms. The van der Waals surface area contributed by atoms with Crippen LogP contribution in [-0.2, 0) is 4.79 Å². The number of hydrogen-bond donors (Lipinski definition) is 1. The molecule has 5 heteroatoms. The van der Waals surface area contributed by atoms with Crippen molar-refractivity contribution in [3.63, 3.8) is 0 Å². The van der Waals surface area contributed by atoms with Gasteiger partial charge in [-0.1, -0.05) is 6.42 Å². The molecule has 0 saturated carbocycles. The average molecular weight is 320 g/mol. The molecule has 0 unspecified atom stereocenters. The van der Waals surface area contributed by atoms with Crippen LogP contribution in [0, 0.1) is 0 Å². The maximum absolute atomic E-state index is 12.0. The third-order valence-electron chi connectivity index (χ3n) is 4.11. The van der Waals surface area contributed by atoms with E-state index >= 15 is 0 Å². The molecule has 1 aliphatic rings. The van der Waals surface area contributed by atoms with E-state index in [-0.39, 0.29) is 5.91 Å². The monoisotopic (exact) mass is 320 g/mol. The molecule has 1 amide bonds. The molecular weight excluding hydrogens is 292 g/mol. The normalized spacial score (nSPS) is 18.4. The minimum absolute atomic E-state index is 0.0778. The first-order valence-electron chi connectivity index (χ1n) is 8.55. The Hall–Kier alpha value is -1.75. The molecule has 1 saturated heterocycles. The van der Waals surface area contributed by atoms with Crippen LogP contribution >= 0.6 is 0 Å². The molecule has 1 aromatic rings. The number of amides is 1. The van der Waals surface area contributed by atoms with E-state index in [0.29, 0.717) is 32.3 Å². The van der Waals surface area contributed by atoms with E-state index in [1.807, 2.05) is 31.2 Å². The summed E-state index contributed by atoms with van der Waals surface area (Å²) in [5, 5.41) is 2.92. The first-order valence-corrected chi connectivity index (χ1v) is 8.55. The zero-order chi connectivity index (χ0) is 16.5. The molecule has 1 atom stereocenters. The molecule has 1 heterocycles. The van der Waals surface area contributed by atoms with Gasteiger partial charge >= 0.3 is 0 Å². The fourth-order valence-electron chi connectivity index (χ4n) is 2.79. The SMILES string of the molecule is CCOc1ccc(OCCNC(=O)CN2CCCC[C@H]2C)cc1. The van der Waals surface area contributed by atoms with E-state index in [2.05, 4.69) is 17.1 Å². The molecule has 1 fully saturated rings. The van der Waals surface area contributed by atoms with Crippen LogP contribution in [-0.4, -0.2) is 49.7 Å². The Labute approximate surface area is 139 Å². The highest BCUT2D eigenvalue weighted by Gasteiger charge is 2.20. The van der Waals surface area contributed by atoms with Gasteiger partial charge in [-0.2, -0.15) is 0 Å². The third-order valence-corrected chi connectivity index (χ3v) is 4.11. The van der Waals surface area contributed by atoms with Crippen molar-refractivity contribution >= 4 is 5.91 Å². The number of ether oxygens (including phenoxy) is 2. The van der Waals surface area contributed by atoms with Crippen molar-refractivity contribution in [2.75, 3.05) is 32.8 Å². The van der Waals surface area contributed by atoms with Crippen LogP contribution < -0.4 is 14.8 Å². The molecule has 1 N–H and O–H groups in total. The van der Waals surface area contributed by atoms with Crippen molar-refractivity contribution in [1.82, 2.24) is 10.2 Å². The predicted octanol–water partition coefficient (Wildman–Crippen LogP) is 2.45. The molecular formula is C18H28N2O3. The standard InChI is InChI=1S/C18H28N2O3/c1-3-22-16-7-9-17(10-8-16)23-13-11-19-18(21)14-20-12-5-4-6-15(20)2/h7-10,15H,3-6,11-14H2,1-2H3,(H,19,21)/t15-/m1/s1. The highest BCUT2D eigenvalue weighted by atomic mass is 16.5. The summed E-state index contributed by atoms with van der Waals surface area (Å²) in [6, 6.07) is 8.03. The first kappa shape index (κ1) is 17.6. The molecule has 128 valence electrons. The Bertz CT molecular complexity index is 476. The number of carbonyl (C=O) groups is 1. The van der Waals surface area contributed by atoms with Crippen molar-refractivity contribution in [1.29, 1.82) is 0 Å². The van der Waals surface area contributed by atoms with Crippen molar-refractivity contribution in [2.24, 2.45) is 0 Å². The molecule has 1 aliphatic heterocycles. The van der Waals surface area contributed by atoms with Crippen molar-refractivity contribution in [3.05, 3.63) is 24.3 Å².